The average molecular weight is 490 g/mol. The third-order valence-corrected chi connectivity index (χ3v) is 5.75. The van der Waals surface area contributed by atoms with Crippen LogP contribution in [0.1, 0.15) is 51.6 Å². The van der Waals surface area contributed by atoms with E-state index in [2.05, 4.69) is 15.8 Å². The summed E-state index contributed by atoms with van der Waals surface area (Å²) < 4.78 is 1.74. The molecule has 0 spiro atoms. The first-order valence-corrected chi connectivity index (χ1v) is 11.8. The lowest BCUT2D eigenvalue weighted by molar-refractivity contribution is -0.139. The van der Waals surface area contributed by atoms with Crippen molar-refractivity contribution in [2.45, 2.75) is 52.1 Å². The number of carbonyl (C=O) groups is 2. The van der Waals surface area contributed by atoms with Crippen molar-refractivity contribution < 1.29 is 9.59 Å². The van der Waals surface area contributed by atoms with Crippen LogP contribution in [0.4, 0.5) is 0 Å². The van der Waals surface area contributed by atoms with Crippen molar-refractivity contribution in [3.8, 4) is 11.3 Å². The van der Waals surface area contributed by atoms with Gasteiger partial charge in [-0.05, 0) is 36.8 Å². The second kappa shape index (κ2) is 13.0. The molecular formula is C24H36ClN7O2. The number of hydrogen-bond donors (Lipinski definition) is 4. The monoisotopic (exact) mass is 489 g/mol. The van der Waals surface area contributed by atoms with Gasteiger partial charge in [-0.25, -0.2) is 0 Å². The summed E-state index contributed by atoms with van der Waals surface area (Å²) in [5, 5.41) is 7.70. The summed E-state index contributed by atoms with van der Waals surface area (Å²) in [6.07, 6.45) is 4.83. The molecule has 2 heterocycles. The van der Waals surface area contributed by atoms with E-state index < -0.39 is 0 Å². The van der Waals surface area contributed by atoms with Crippen LogP contribution in [-0.4, -0.2) is 39.1 Å². The zero-order valence-electron chi connectivity index (χ0n) is 20.3. The molecule has 2 amide bonds. The third kappa shape index (κ3) is 7.50. The number of carbonyl (C=O) groups excluding carboxylic acids is 2. The van der Waals surface area contributed by atoms with Crippen molar-refractivity contribution in [2.75, 3.05) is 6.54 Å². The molecule has 2 atom stereocenters. The van der Waals surface area contributed by atoms with E-state index in [4.69, 9.17) is 23.2 Å². The van der Waals surface area contributed by atoms with Gasteiger partial charge in [-0.3, -0.25) is 20.1 Å². The van der Waals surface area contributed by atoms with Crippen LogP contribution in [0.3, 0.4) is 0 Å². The van der Waals surface area contributed by atoms with Gasteiger partial charge in [-0.1, -0.05) is 49.7 Å². The van der Waals surface area contributed by atoms with E-state index >= 15 is 0 Å². The van der Waals surface area contributed by atoms with E-state index in [1.807, 2.05) is 58.2 Å². The van der Waals surface area contributed by atoms with Crippen LogP contribution in [-0.2, 0) is 16.6 Å². The van der Waals surface area contributed by atoms with E-state index in [1.165, 1.54) is 12.4 Å². The maximum atomic E-state index is 12.8. The molecule has 9 nitrogen and oxygen atoms in total. The smallest absolute Gasteiger partial charge is 0.243 e. The highest BCUT2D eigenvalue weighted by molar-refractivity contribution is 6.29. The van der Waals surface area contributed by atoms with Crippen molar-refractivity contribution in [1.82, 2.24) is 25.4 Å². The first kappa shape index (κ1) is 27.2. The fourth-order valence-corrected chi connectivity index (χ4v) is 4.11. The molecule has 1 aromatic carbocycles. The van der Waals surface area contributed by atoms with E-state index in [1.54, 1.807) is 9.58 Å². The first-order valence-electron chi connectivity index (χ1n) is 11.4. The molecule has 34 heavy (non-hydrogen) atoms. The normalized spacial score (nSPS) is 16.3. The molecule has 1 fully saturated rings. The first-order chi connectivity index (χ1) is 16.2. The fraction of sp³-hybridized carbons (Fsp3) is 0.458. The molecule has 1 aliphatic heterocycles. The molecule has 2 aromatic rings. The Labute approximate surface area is 206 Å². The summed E-state index contributed by atoms with van der Waals surface area (Å²) in [5.74, 6) is 5.01. The lowest BCUT2D eigenvalue weighted by Gasteiger charge is -2.26. The van der Waals surface area contributed by atoms with Gasteiger partial charge in [0.05, 0.1) is 11.7 Å². The Bertz CT molecular complexity index is 972. The predicted octanol–water partition coefficient (Wildman–Crippen LogP) is 2.83. The minimum Gasteiger partial charge on any atom is -0.403 e. The Kier molecular flexibility index (Phi) is 10.4. The number of nitrogens with one attached hydrogen (secondary N) is 2. The highest BCUT2D eigenvalue weighted by Crippen LogP contribution is 2.25. The zero-order valence-corrected chi connectivity index (χ0v) is 21.0. The quantitative estimate of drug-likeness (QED) is 0.349. The SMILES string of the molecule is CC(C)CC(=O)N1CCCC1C(=O)NC(C)c1ccc(-c2cc(Cl)nn2C)cc1.N/C=C\NN. The molecular weight excluding hydrogens is 454 g/mol. The lowest BCUT2D eigenvalue weighted by Crippen LogP contribution is -2.46. The van der Waals surface area contributed by atoms with Crippen LogP contribution in [0.5, 0.6) is 0 Å². The van der Waals surface area contributed by atoms with Gasteiger partial charge in [0.1, 0.15) is 6.04 Å². The number of amides is 2. The number of hydrazine groups is 1. The number of halogens is 1. The number of aromatic nitrogens is 2. The summed E-state index contributed by atoms with van der Waals surface area (Å²) in [6.45, 7) is 6.67. The fourth-order valence-electron chi connectivity index (χ4n) is 3.90. The molecule has 3 rings (SSSR count). The standard InChI is InChI=1S/C22H29ClN4O2.C2H7N3/c1-14(2)12-21(28)27-11-5-6-18(27)22(29)24-15(3)16-7-9-17(10-8-16)19-13-20(23)25-26(19)4;3-1-2-5-4/h7-10,13-15,18H,5-6,11-12H2,1-4H3,(H,24,29);1-2,5H,3-4H2/b;2-1-. The van der Waals surface area contributed by atoms with E-state index in [9.17, 15) is 9.59 Å². The highest BCUT2D eigenvalue weighted by atomic mass is 35.5. The van der Waals surface area contributed by atoms with Gasteiger partial charge in [0.15, 0.2) is 5.15 Å². The average Bonchev–Trinajstić information content (AvgIpc) is 3.41. The minimum atomic E-state index is -0.362. The number of hydrogen-bond acceptors (Lipinski definition) is 6. The highest BCUT2D eigenvalue weighted by Gasteiger charge is 2.34. The van der Waals surface area contributed by atoms with Gasteiger partial charge in [0, 0.05) is 38.5 Å². The molecule has 1 aromatic heterocycles. The molecule has 6 N–H and O–H groups in total. The van der Waals surface area contributed by atoms with E-state index in [0.29, 0.717) is 24.0 Å². The van der Waals surface area contributed by atoms with Gasteiger partial charge in [-0.2, -0.15) is 5.10 Å². The minimum absolute atomic E-state index is 0.0736. The molecule has 0 bridgehead atoms. The Morgan fingerprint density at radius 3 is 2.44 bits per heavy atom. The second-order valence-electron chi connectivity index (χ2n) is 8.70. The van der Waals surface area contributed by atoms with Crippen LogP contribution in [0.25, 0.3) is 11.3 Å². The maximum Gasteiger partial charge on any atom is 0.243 e. The maximum absolute atomic E-state index is 12.8. The summed E-state index contributed by atoms with van der Waals surface area (Å²) in [5.41, 5.74) is 9.98. The molecule has 1 aliphatic rings. The number of nitrogens with zero attached hydrogens (tertiary/aromatic N) is 3. The number of likely N-dealkylation sites (tertiary alicyclic amines) is 1. The Balaban J connectivity index is 0.000000739. The number of nitrogens with two attached hydrogens (primary N) is 2. The lowest BCUT2D eigenvalue weighted by atomic mass is 10.0. The number of rotatable bonds is 7. The molecule has 10 heteroatoms. The van der Waals surface area contributed by atoms with E-state index in [-0.39, 0.29) is 23.9 Å². The predicted molar refractivity (Wildman–Crippen MR) is 135 cm³/mol. The molecule has 1 saturated heterocycles. The largest absolute Gasteiger partial charge is 0.403 e. The zero-order chi connectivity index (χ0) is 25.3. The second-order valence-corrected chi connectivity index (χ2v) is 9.08. The Morgan fingerprint density at radius 2 is 1.94 bits per heavy atom. The van der Waals surface area contributed by atoms with Gasteiger partial charge < -0.3 is 21.4 Å². The number of benzene rings is 1. The van der Waals surface area contributed by atoms with E-state index in [0.717, 1.165) is 29.7 Å². The summed E-state index contributed by atoms with van der Waals surface area (Å²) >= 11 is 5.97. The van der Waals surface area contributed by atoms with Crippen LogP contribution in [0, 0.1) is 5.92 Å². The summed E-state index contributed by atoms with van der Waals surface area (Å²) in [6, 6.07) is 9.31. The van der Waals surface area contributed by atoms with Gasteiger partial charge >= 0.3 is 0 Å². The van der Waals surface area contributed by atoms with Crippen molar-refractivity contribution in [1.29, 1.82) is 0 Å². The van der Waals surface area contributed by atoms with Crippen LogP contribution in [0.2, 0.25) is 5.15 Å². The molecule has 2 unspecified atom stereocenters. The van der Waals surface area contributed by atoms with Crippen LogP contribution >= 0.6 is 11.6 Å². The summed E-state index contributed by atoms with van der Waals surface area (Å²) in [7, 11) is 1.85. The van der Waals surface area contributed by atoms with Crippen LogP contribution in [0.15, 0.2) is 42.7 Å². The number of aryl methyl sites for hydroxylation is 1. The van der Waals surface area contributed by atoms with Gasteiger partial charge in [0.25, 0.3) is 0 Å². The molecule has 0 saturated carbocycles. The topological polar surface area (TPSA) is 131 Å². The molecule has 0 radical (unpaired) electrons. The van der Waals surface area contributed by atoms with Gasteiger partial charge in [0.2, 0.25) is 11.8 Å². The third-order valence-electron chi connectivity index (χ3n) is 5.57. The van der Waals surface area contributed by atoms with Gasteiger partial charge in [-0.15, -0.1) is 0 Å². The summed E-state index contributed by atoms with van der Waals surface area (Å²) in [4.78, 5) is 27.0. The molecule has 186 valence electrons. The Hall–Kier alpha value is -3.04. The van der Waals surface area contributed by atoms with Crippen molar-refractivity contribution in [3.05, 3.63) is 53.4 Å². The van der Waals surface area contributed by atoms with Crippen molar-refractivity contribution in [3.63, 3.8) is 0 Å². The van der Waals surface area contributed by atoms with Crippen LogP contribution < -0.4 is 22.3 Å². The van der Waals surface area contributed by atoms with Crippen molar-refractivity contribution in [2.24, 2.45) is 24.5 Å². The molecule has 0 aliphatic carbocycles. The van der Waals surface area contributed by atoms with Crippen molar-refractivity contribution >= 4 is 23.4 Å². The Morgan fingerprint density at radius 1 is 1.26 bits per heavy atom.